The second kappa shape index (κ2) is 5.17. The first-order chi connectivity index (χ1) is 9.27. The summed E-state index contributed by atoms with van der Waals surface area (Å²) in [7, 11) is 0. The van der Waals surface area contributed by atoms with E-state index in [9.17, 15) is 4.79 Å². The molecular weight excluding hydrogens is 304 g/mol. The van der Waals surface area contributed by atoms with Crippen LogP contribution in [0.4, 0.5) is 0 Å². The fourth-order valence-corrected chi connectivity index (χ4v) is 2.94. The van der Waals surface area contributed by atoms with Crippen LogP contribution in [0.3, 0.4) is 0 Å². The number of carbonyl (C=O) groups is 1. The quantitative estimate of drug-likeness (QED) is 0.776. The standard InChI is InChI=1S/C16H13BrO2/c17-14-7-3-1-6-13(14)16(18)12-9-10-19-15-8-4-2-5-11(12)15/h1-8,12H,9-10H2. The molecule has 1 aliphatic heterocycles. The molecule has 0 saturated carbocycles. The summed E-state index contributed by atoms with van der Waals surface area (Å²) in [5.41, 5.74) is 1.73. The number of ketones is 1. The summed E-state index contributed by atoms with van der Waals surface area (Å²) >= 11 is 3.45. The molecule has 0 N–H and O–H groups in total. The van der Waals surface area contributed by atoms with Crippen molar-refractivity contribution in [2.24, 2.45) is 0 Å². The second-order valence-electron chi connectivity index (χ2n) is 4.57. The van der Waals surface area contributed by atoms with Crippen molar-refractivity contribution >= 4 is 21.7 Å². The first-order valence-corrected chi connectivity index (χ1v) is 7.07. The van der Waals surface area contributed by atoms with Gasteiger partial charge in [-0.3, -0.25) is 4.79 Å². The van der Waals surface area contributed by atoms with Gasteiger partial charge < -0.3 is 4.74 Å². The molecule has 1 heterocycles. The van der Waals surface area contributed by atoms with Crippen molar-refractivity contribution in [3.05, 3.63) is 64.1 Å². The minimum absolute atomic E-state index is 0.108. The number of hydrogen-bond donors (Lipinski definition) is 0. The van der Waals surface area contributed by atoms with E-state index in [2.05, 4.69) is 15.9 Å². The summed E-state index contributed by atoms with van der Waals surface area (Å²) in [4.78, 5) is 12.7. The summed E-state index contributed by atoms with van der Waals surface area (Å²) in [6.07, 6.45) is 0.733. The third kappa shape index (κ3) is 2.30. The lowest BCUT2D eigenvalue weighted by Gasteiger charge is -2.25. The number of Topliss-reactive ketones (excluding diaryl/α,β-unsaturated/α-hetero) is 1. The summed E-state index contributed by atoms with van der Waals surface area (Å²) in [6.45, 7) is 0.595. The van der Waals surface area contributed by atoms with Crippen molar-refractivity contribution in [3.8, 4) is 5.75 Å². The van der Waals surface area contributed by atoms with E-state index in [1.54, 1.807) is 0 Å². The molecular formula is C16H13BrO2. The number of fused-ring (bicyclic) bond motifs is 1. The van der Waals surface area contributed by atoms with Crippen LogP contribution in [0.5, 0.6) is 5.75 Å². The minimum Gasteiger partial charge on any atom is -0.493 e. The van der Waals surface area contributed by atoms with E-state index in [0.29, 0.717) is 6.61 Å². The zero-order valence-corrected chi connectivity index (χ0v) is 11.9. The highest BCUT2D eigenvalue weighted by molar-refractivity contribution is 9.10. The van der Waals surface area contributed by atoms with Gasteiger partial charge in [-0.15, -0.1) is 0 Å². The smallest absolute Gasteiger partial charge is 0.171 e. The van der Waals surface area contributed by atoms with Gasteiger partial charge in [0.2, 0.25) is 0 Å². The highest BCUT2D eigenvalue weighted by atomic mass is 79.9. The predicted octanol–water partition coefficient (Wildman–Crippen LogP) is 4.20. The molecule has 2 nitrogen and oxygen atoms in total. The zero-order chi connectivity index (χ0) is 13.2. The van der Waals surface area contributed by atoms with E-state index >= 15 is 0 Å². The molecule has 96 valence electrons. The Balaban J connectivity index is 2.00. The molecule has 1 atom stereocenters. The van der Waals surface area contributed by atoms with E-state index < -0.39 is 0 Å². The predicted molar refractivity (Wildman–Crippen MR) is 77.8 cm³/mol. The van der Waals surface area contributed by atoms with Crippen molar-refractivity contribution in [3.63, 3.8) is 0 Å². The number of benzene rings is 2. The number of hydrogen-bond acceptors (Lipinski definition) is 2. The summed E-state index contributed by atoms with van der Waals surface area (Å²) < 4.78 is 6.46. The Labute approximate surface area is 120 Å². The Kier molecular flexibility index (Phi) is 3.38. The van der Waals surface area contributed by atoms with Gasteiger partial charge >= 0.3 is 0 Å². The zero-order valence-electron chi connectivity index (χ0n) is 10.3. The maximum Gasteiger partial charge on any atom is 0.171 e. The fraction of sp³-hybridized carbons (Fsp3) is 0.188. The first kappa shape index (κ1) is 12.4. The molecule has 0 fully saturated rings. The number of carbonyl (C=O) groups excluding carboxylic acids is 1. The van der Waals surface area contributed by atoms with Gasteiger partial charge in [-0.25, -0.2) is 0 Å². The van der Waals surface area contributed by atoms with Crippen LogP contribution in [0.15, 0.2) is 53.0 Å². The minimum atomic E-state index is -0.108. The number of ether oxygens (including phenoxy) is 1. The molecule has 0 amide bonds. The van der Waals surface area contributed by atoms with Crippen molar-refractivity contribution in [1.82, 2.24) is 0 Å². The van der Waals surface area contributed by atoms with E-state index in [1.807, 2.05) is 48.5 Å². The Morgan fingerprint density at radius 2 is 1.84 bits per heavy atom. The van der Waals surface area contributed by atoms with Crippen LogP contribution in [-0.4, -0.2) is 12.4 Å². The van der Waals surface area contributed by atoms with Gasteiger partial charge in [0.1, 0.15) is 5.75 Å². The molecule has 0 spiro atoms. The molecule has 0 aromatic heterocycles. The van der Waals surface area contributed by atoms with E-state index in [1.165, 1.54) is 0 Å². The number of halogens is 1. The Hall–Kier alpha value is -1.61. The molecule has 0 bridgehead atoms. The van der Waals surface area contributed by atoms with Crippen molar-refractivity contribution in [1.29, 1.82) is 0 Å². The Morgan fingerprint density at radius 3 is 2.68 bits per heavy atom. The Morgan fingerprint density at radius 1 is 1.11 bits per heavy atom. The van der Waals surface area contributed by atoms with E-state index in [-0.39, 0.29) is 11.7 Å². The van der Waals surface area contributed by atoms with Gasteiger partial charge in [-0.05, 0) is 18.6 Å². The normalized spacial score (nSPS) is 17.4. The molecule has 0 saturated heterocycles. The largest absolute Gasteiger partial charge is 0.493 e. The van der Waals surface area contributed by atoms with Crippen LogP contribution >= 0.6 is 15.9 Å². The maximum absolute atomic E-state index is 12.7. The third-order valence-electron chi connectivity index (χ3n) is 3.41. The molecule has 3 rings (SSSR count). The van der Waals surface area contributed by atoms with Crippen LogP contribution in [0.1, 0.15) is 28.3 Å². The van der Waals surface area contributed by atoms with Gasteiger partial charge in [-0.1, -0.05) is 52.3 Å². The van der Waals surface area contributed by atoms with Crippen LogP contribution in [0, 0.1) is 0 Å². The van der Waals surface area contributed by atoms with Gasteiger partial charge in [0, 0.05) is 15.6 Å². The van der Waals surface area contributed by atoms with Gasteiger partial charge in [0.25, 0.3) is 0 Å². The van der Waals surface area contributed by atoms with Crippen molar-refractivity contribution in [2.45, 2.75) is 12.3 Å². The monoisotopic (exact) mass is 316 g/mol. The Bertz CT molecular complexity index is 622. The van der Waals surface area contributed by atoms with Crippen molar-refractivity contribution < 1.29 is 9.53 Å². The SMILES string of the molecule is O=C(c1ccccc1Br)C1CCOc2ccccc21. The summed E-state index contributed by atoms with van der Waals surface area (Å²) in [5.74, 6) is 0.881. The molecule has 0 aliphatic carbocycles. The third-order valence-corrected chi connectivity index (χ3v) is 4.11. The van der Waals surface area contributed by atoms with Crippen LogP contribution in [-0.2, 0) is 0 Å². The van der Waals surface area contributed by atoms with Crippen molar-refractivity contribution in [2.75, 3.05) is 6.61 Å². The lowest BCUT2D eigenvalue weighted by molar-refractivity contribution is 0.0932. The molecule has 1 aliphatic rings. The summed E-state index contributed by atoms with van der Waals surface area (Å²) in [6, 6.07) is 15.4. The molecule has 0 radical (unpaired) electrons. The van der Waals surface area contributed by atoms with Crippen LogP contribution in [0.25, 0.3) is 0 Å². The lowest BCUT2D eigenvalue weighted by atomic mass is 9.86. The van der Waals surface area contributed by atoms with Gasteiger partial charge in [-0.2, -0.15) is 0 Å². The lowest BCUT2D eigenvalue weighted by Crippen LogP contribution is -2.21. The highest BCUT2D eigenvalue weighted by Gasteiger charge is 2.28. The highest BCUT2D eigenvalue weighted by Crippen LogP contribution is 2.36. The average molecular weight is 317 g/mol. The average Bonchev–Trinajstić information content (AvgIpc) is 2.46. The van der Waals surface area contributed by atoms with E-state index in [0.717, 1.165) is 27.8 Å². The van der Waals surface area contributed by atoms with Crippen LogP contribution in [0.2, 0.25) is 0 Å². The fourth-order valence-electron chi connectivity index (χ4n) is 2.46. The summed E-state index contributed by atoms with van der Waals surface area (Å²) in [5, 5.41) is 0. The van der Waals surface area contributed by atoms with E-state index in [4.69, 9.17) is 4.74 Å². The molecule has 1 unspecified atom stereocenters. The van der Waals surface area contributed by atoms with Gasteiger partial charge in [0.15, 0.2) is 5.78 Å². The first-order valence-electron chi connectivity index (χ1n) is 6.28. The van der Waals surface area contributed by atoms with Gasteiger partial charge in [0.05, 0.1) is 12.5 Å². The molecule has 19 heavy (non-hydrogen) atoms. The molecule has 2 aromatic carbocycles. The maximum atomic E-state index is 12.7. The number of rotatable bonds is 2. The van der Waals surface area contributed by atoms with Crippen LogP contribution < -0.4 is 4.74 Å². The molecule has 2 aromatic rings. The molecule has 3 heteroatoms. The number of para-hydroxylation sites is 1. The second-order valence-corrected chi connectivity index (χ2v) is 5.43. The topological polar surface area (TPSA) is 26.3 Å².